The SMILES string of the molecule is CCOc1ccc(C(CC)NC(=O)c2cnc3c(cnn3CC)c2NC2CCOCC2)cc1. The molecule has 2 aromatic heterocycles. The number of carbonyl (C=O) groups excluding carboxylic acids is 1. The quantitative estimate of drug-likeness (QED) is 0.504. The van der Waals surface area contributed by atoms with Crippen molar-refractivity contribution in [3.8, 4) is 5.75 Å². The number of aromatic nitrogens is 3. The first-order chi connectivity index (χ1) is 16.1. The van der Waals surface area contributed by atoms with Crippen LogP contribution < -0.4 is 15.4 Å². The number of carbonyl (C=O) groups is 1. The monoisotopic (exact) mass is 451 g/mol. The minimum Gasteiger partial charge on any atom is -0.494 e. The molecule has 176 valence electrons. The van der Waals surface area contributed by atoms with Gasteiger partial charge in [0, 0.05) is 32.0 Å². The van der Waals surface area contributed by atoms with E-state index >= 15 is 0 Å². The number of amides is 1. The lowest BCUT2D eigenvalue weighted by Gasteiger charge is -2.26. The van der Waals surface area contributed by atoms with Crippen LogP contribution in [0.15, 0.2) is 36.7 Å². The van der Waals surface area contributed by atoms with E-state index in [1.807, 2.05) is 42.8 Å². The summed E-state index contributed by atoms with van der Waals surface area (Å²) in [5.74, 6) is 0.678. The van der Waals surface area contributed by atoms with Crippen molar-refractivity contribution < 1.29 is 14.3 Å². The van der Waals surface area contributed by atoms with E-state index in [1.54, 1.807) is 12.4 Å². The largest absolute Gasteiger partial charge is 0.494 e. The molecule has 0 bridgehead atoms. The Hall–Kier alpha value is -3.13. The Morgan fingerprint density at radius 3 is 2.61 bits per heavy atom. The highest BCUT2D eigenvalue weighted by Gasteiger charge is 2.23. The summed E-state index contributed by atoms with van der Waals surface area (Å²) < 4.78 is 12.9. The number of hydrogen-bond donors (Lipinski definition) is 2. The highest BCUT2D eigenvalue weighted by atomic mass is 16.5. The zero-order valence-electron chi connectivity index (χ0n) is 19.6. The van der Waals surface area contributed by atoms with Crippen LogP contribution >= 0.6 is 0 Å². The molecule has 0 spiro atoms. The van der Waals surface area contributed by atoms with Gasteiger partial charge >= 0.3 is 0 Å². The summed E-state index contributed by atoms with van der Waals surface area (Å²) in [5.41, 5.74) is 3.16. The molecule has 1 amide bonds. The Morgan fingerprint density at radius 1 is 1.18 bits per heavy atom. The number of anilines is 1. The molecule has 1 atom stereocenters. The molecule has 33 heavy (non-hydrogen) atoms. The van der Waals surface area contributed by atoms with E-state index in [0.29, 0.717) is 18.7 Å². The number of rotatable bonds is 9. The molecular formula is C25H33N5O3. The van der Waals surface area contributed by atoms with Crippen LogP contribution in [-0.2, 0) is 11.3 Å². The molecule has 4 rings (SSSR count). The zero-order chi connectivity index (χ0) is 23.2. The molecule has 1 saturated heterocycles. The van der Waals surface area contributed by atoms with Crippen molar-refractivity contribution >= 4 is 22.6 Å². The summed E-state index contributed by atoms with van der Waals surface area (Å²) in [7, 11) is 0. The Bertz CT molecular complexity index is 1070. The molecule has 0 radical (unpaired) electrons. The number of hydrogen-bond acceptors (Lipinski definition) is 6. The smallest absolute Gasteiger partial charge is 0.255 e. The van der Waals surface area contributed by atoms with Crippen LogP contribution in [0, 0.1) is 0 Å². The van der Waals surface area contributed by atoms with Gasteiger partial charge in [0.1, 0.15) is 5.75 Å². The van der Waals surface area contributed by atoms with Gasteiger partial charge in [-0.05, 0) is 50.8 Å². The third-order valence-electron chi connectivity index (χ3n) is 6.09. The van der Waals surface area contributed by atoms with Gasteiger partial charge in [-0.15, -0.1) is 0 Å². The highest BCUT2D eigenvalue weighted by Crippen LogP contribution is 2.29. The van der Waals surface area contributed by atoms with E-state index in [0.717, 1.165) is 60.5 Å². The second-order valence-corrected chi connectivity index (χ2v) is 8.21. The molecule has 8 nitrogen and oxygen atoms in total. The summed E-state index contributed by atoms with van der Waals surface area (Å²) in [6.45, 7) is 8.84. The van der Waals surface area contributed by atoms with Gasteiger partial charge in [-0.25, -0.2) is 9.67 Å². The van der Waals surface area contributed by atoms with Crippen molar-refractivity contribution in [3.05, 3.63) is 47.8 Å². The van der Waals surface area contributed by atoms with Crippen LogP contribution in [-0.4, -0.2) is 46.5 Å². The minimum absolute atomic E-state index is 0.113. The van der Waals surface area contributed by atoms with E-state index in [-0.39, 0.29) is 18.0 Å². The van der Waals surface area contributed by atoms with Crippen molar-refractivity contribution in [2.24, 2.45) is 0 Å². The predicted molar refractivity (Wildman–Crippen MR) is 129 cm³/mol. The fourth-order valence-corrected chi connectivity index (χ4v) is 4.25. The van der Waals surface area contributed by atoms with E-state index < -0.39 is 0 Å². The lowest BCUT2D eigenvalue weighted by Crippen LogP contribution is -2.32. The molecule has 8 heteroatoms. The van der Waals surface area contributed by atoms with E-state index in [1.165, 1.54) is 0 Å². The number of benzene rings is 1. The third-order valence-corrected chi connectivity index (χ3v) is 6.09. The molecule has 1 aliphatic heterocycles. The summed E-state index contributed by atoms with van der Waals surface area (Å²) in [5, 5.41) is 12.1. The lowest BCUT2D eigenvalue weighted by atomic mass is 10.0. The second kappa shape index (κ2) is 10.7. The van der Waals surface area contributed by atoms with Crippen LogP contribution in [0.25, 0.3) is 11.0 Å². The van der Waals surface area contributed by atoms with Crippen molar-refractivity contribution in [1.29, 1.82) is 0 Å². The molecule has 1 aromatic carbocycles. The molecule has 0 saturated carbocycles. The standard InChI is InChI=1S/C25H33N5O3/c1-4-22(17-7-9-19(10-8-17)33-6-3)29-25(31)21-15-26-24-20(16-27-30(24)5-2)23(21)28-18-11-13-32-14-12-18/h7-10,15-16,18,22H,4-6,11-14H2,1-3H3,(H,26,28)(H,29,31). The van der Waals surface area contributed by atoms with Crippen molar-refractivity contribution in [2.75, 3.05) is 25.1 Å². The first-order valence-electron chi connectivity index (χ1n) is 11.9. The maximum atomic E-state index is 13.5. The molecule has 1 aliphatic rings. The van der Waals surface area contributed by atoms with Gasteiger partial charge in [-0.1, -0.05) is 19.1 Å². The first kappa shape index (κ1) is 23.0. The summed E-state index contributed by atoms with van der Waals surface area (Å²) in [6, 6.07) is 8.03. The van der Waals surface area contributed by atoms with Crippen LogP contribution in [0.5, 0.6) is 5.75 Å². The van der Waals surface area contributed by atoms with Crippen LogP contribution in [0.3, 0.4) is 0 Å². The summed E-state index contributed by atoms with van der Waals surface area (Å²) in [4.78, 5) is 18.1. The van der Waals surface area contributed by atoms with Gasteiger partial charge in [-0.2, -0.15) is 5.10 Å². The number of pyridine rings is 1. The number of nitrogens with one attached hydrogen (secondary N) is 2. The summed E-state index contributed by atoms with van der Waals surface area (Å²) in [6.07, 6.45) is 6.03. The van der Waals surface area contributed by atoms with Gasteiger partial charge in [0.25, 0.3) is 5.91 Å². The van der Waals surface area contributed by atoms with Gasteiger partial charge in [0.05, 0.1) is 35.5 Å². The summed E-state index contributed by atoms with van der Waals surface area (Å²) >= 11 is 0. The second-order valence-electron chi connectivity index (χ2n) is 8.21. The molecule has 1 fully saturated rings. The van der Waals surface area contributed by atoms with Gasteiger partial charge in [0.15, 0.2) is 5.65 Å². The number of aryl methyl sites for hydroxylation is 1. The molecule has 0 aliphatic carbocycles. The molecule has 3 aromatic rings. The maximum Gasteiger partial charge on any atom is 0.255 e. The van der Waals surface area contributed by atoms with Crippen LogP contribution in [0.4, 0.5) is 5.69 Å². The van der Waals surface area contributed by atoms with Crippen molar-refractivity contribution in [2.45, 2.75) is 58.7 Å². The van der Waals surface area contributed by atoms with Crippen LogP contribution in [0.1, 0.15) is 62.0 Å². The Balaban J connectivity index is 1.62. The van der Waals surface area contributed by atoms with E-state index in [9.17, 15) is 4.79 Å². The fourth-order valence-electron chi connectivity index (χ4n) is 4.25. The van der Waals surface area contributed by atoms with Crippen molar-refractivity contribution in [1.82, 2.24) is 20.1 Å². The van der Waals surface area contributed by atoms with Gasteiger partial charge in [0.2, 0.25) is 0 Å². The van der Waals surface area contributed by atoms with Crippen molar-refractivity contribution in [3.63, 3.8) is 0 Å². The maximum absolute atomic E-state index is 13.5. The number of ether oxygens (including phenoxy) is 2. The topological polar surface area (TPSA) is 90.3 Å². The normalized spacial score (nSPS) is 15.4. The average Bonchev–Trinajstić information content (AvgIpc) is 3.28. The van der Waals surface area contributed by atoms with E-state index in [4.69, 9.17) is 9.47 Å². The van der Waals surface area contributed by atoms with E-state index in [2.05, 4.69) is 27.6 Å². The van der Waals surface area contributed by atoms with Gasteiger partial charge in [-0.3, -0.25) is 4.79 Å². The lowest BCUT2D eigenvalue weighted by molar-refractivity contribution is 0.0903. The Labute approximate surface area is 194 Å². The molecule has 2 N–H and O–H groups in total. The molecule has 3 heterocycles. The highest BCUT2D eigenvalue weighted by molar-refractivity contribution is 6.06. The number of nitrogens with zero attached hydrogens (tertiary/aromatic N) is 3. The third kappa shape index (κ3) is 5.11. The molecule has 1 unspecified atom stereocenters. The van der Waals surface area contributed by atoms with Gasteiger partial charge < -0.3 is 20.1 Å². The predicted octanol–water partition coefficient (Wildman–Crippen LogP) is 4.32. The number of fused-ring (bicyclic) bond motifs is 1. The fraction of sp³-hybridized carbons (Fsp3) is 0.480. The first-order valence-corrected chi connectivity index (χ1v) is 11.9. The van der Waals surface area contributed by atoms with Crippen LogP contribution in [0.2, 0.25) is 0 Å². The Kier molecular flexibility index (Phi) is 7.44. The Morgan fingerprint density at radius 2 is 1.94 bits per heavy atom. The average molecular weight is 452 g/mol. The zero-order valence-corrected chi connectivity index (χ0v) is 19.6. The molecular weight excluding hydrogens is 418 g/mol. The minimum atomic E-state index is -0.149.